The maximum absolute atomic E-state index is 13.6. The van der Waals surface area contributed by atoms with Gasteiger partial charge in [-0.3, -0.25) is 4.79 Å². The van der Waals surface area contributed by atoms with Crippen LogP contribution in [0.2, 0.25) is 0 Å². The third-order valence-corrected chi connectivity index (χ3v) is 3.26. The number of rotatable bonds is 2. The summed E-state index contributed by atoms with van der Waals surface area (Å²) in [6.07, 6.45) is 1.47. The Kier molecular flexibility index (Phi) is 3.81. The third kappa shape index (κ3) is 2.46. The Morgan fingerprint density at radius 1 is 1.44 bits per heavy atom. The van der Waals surface area contributed by atoms with Crippen molar-refractivity contribution in [3.63, 3.8) is 0 Å². The Balaban J connectivity index is 2.19. The monoisotopic (exact) mass is 253 g/mol. The van der Waals surface area contributed by atoms with E-state index in [2.05, 4.69) is 0 Å². The van der Waals surface area contributed by atoms with Crippen molar-refractivity contribution in [1.29, 1.82) is 0 Å². The number of hydrogen-bond acceptors (Lipinski definition) is 3. The topological polar surface area (TPSA) is 49.8 Å². The predicted octanol–water partition coefficient (Wildman–Crippen LogP) is 1.78. The average Bonchev–Trinajstić information content (AvgIpc) is 2.38. The lowest BCUT2D eigenvalue weighted by atomic mass is 10.1. The molecular formula is C13H16FNO3. The van der Waals surface area contributed by atoms with Crippen LogP contribution in [0.1, 0.15) is 23.2 Å². The highest BCUT2D eigenvalue weighted by Gasteiger charge is 2.26. The van der Waals surface area contributed by atoms with Crippen molar-refractivity contribution in [2.75, 3.05) is 20.3 Å². The summed E-state index contributed by atoms with van der Waals surface area (Å²) in [6.45, 7) is 1.21. The summed E-state index contributed by atoms with van der Waals surface area (Å²) in [6, 6.07) is 3.89. The van der Waals surface area contributed by atoms with E-state index in [-0.39, 0.29) is 17.4 Å². The van der Waals surface area contributed by atoms with Crippen LogP contribution in [0.3, 0.4) is 0 Å². The van der Waals surface area contributed by atoms with Gasteiger partial charge in [0.25, 0.3) is 5.91 Å². The number of halogens is 1. The van der Waals surface area contributed by atoms with Crippen LogP contribution in [0.15, 0.2) is 18.2 Å². The Labute approximate surface area is 105 Å². The van der Waals surface area contributed by atoms with Crippen LogP contribution in [0, 0.1) is 5.82 Å². The largest absolute Gasteiger partial charge is 0.507 e. The first-order chi connectivity index (χ1) is 8.61. The Morgan fingerprint density at radius 2 is 2.11 bits per heavy atom. The number of amides is 1. The number of phenolic OH excluding ortho intramolecular Hbond substituents is 1. The molecule has 0 radical (unpaired) electrons. The first-order valence-electron chi connectivity index (χ1n) is 5.93. The molecule has 1 N–H and O–H groups in total. The fourth-order valence-corrected chi connectivity index (χ4v) is 2.14. The number of benzene rings is 1. The van der Waals surface area contributed by atoms with Crippen molar-refractivity contribution in [2.45, 2.75) is 18.9 Å². The van der Waals surface area contributed by atoms with Crippen molar-refractivity contribution < 1.29 is 19.0 Å². The van der Waals surface area contributed by atoms with Gasteiger partial charge in [-0.2, -0.15) is 0 Å². The van der Waals surface area contributed by atoms with Crippen LogP contribution >= 0.6 is 0 Å². The molecule has 1 aliphatic rings. The van der Waals surface area contributed by atoms with Crippen molar-refractivity contribution in [1.82, 2.24) is 4.90 Å². The van der Waals surface area contributed by atoms with Gasteiger partial charge >= 0.3 is 0 Å². The Hall–Kier alpha value is -1.62. The van der Waals surface area contributed by atoms with Gasteiger partial charge < -0.3 is 14.7 Å². The smallest absolute Gasteiger partial charge is 0.260 e. The fraction of sp³-hybridized carbons (Fsp3) is 0.462. The fourth-order valence-electron chi connectivity index (χ4n) is 2.14. The molecule has 1 aliphatic heterocycles. The van der Waals surface area contributed by atoms with Crippen LogP contribution in [0.4, 0.5) is 4.39 Å². The van der Waals surface area contributed by atoms with Crippen LogP contribution in [-0.2, 0) is 4.74 Å². The van der Waals surface area contributed by atoms with E-state index in [1.54, 1.807) is 7.05 Å². The molecule has 0 atom stereocenters. The van der Waals surface area contributed by atoms with Gasteiger partial charge in [-0.25, -0.2) is 4.39 Å². The van der Waals surface area contributed by atoms with Crippen molar-refractivity contribution in [2.24, 2.45) is 0 Å². The summed E-state index contributed by atoms with van der Waals surface area (Å²) in [5.41, 5.74) is -0.258. The minimum atomic E-state index is -0.695. The van der Waals surface area contributed by atoms with Gasteiger partial charge in [0.05, 0.1) is 0 Å². The highest BCUT2D eigenvalue weighted by atomic mass is 19.1. The molecule has 1 fully saturated rings. The molecule has 5 heteroatoms. The summed E-state index contributed by atoms with van der Waals surface area (Å²) in [5, 5.41) is 9.60. The van der Waals surface area contributed by atoms with Crippen LogP contribution < -0.4 is 0 Å². The minimum Gasteiger partial charge on any atom is -0.507 e. The Morgan fingerprint density at radius 3 is 2.72 bits per heavy atom. The summed E-state index contributed by atoms with van der Waals surface area (Å²) in [4.78, 5) is 13.7. The molecule has 18 heavy (non-hydrogen) atoms. The van der Waals surface area contributed by atoms with E-state index in [4.69, 9.17) is 4.74 Å². The SMILES string of the molecule is CN(C(=O)c1c(O)cccc1F)C1CCOCC1. The average molecular weight is 253 g/mol. The maximum atomic E-state index is 13.6. The van der Waals surface area contributed by atoms with Crippen LogP contribution in [0.5, 0.6) is 5.75 Å². The molecule has 1 amide bonds. The summed E-state index contributed by atoms with van der Waals surface area (Å²) in [7, 11) is 1.63. The van der Waals surface area contributed by atoms with Crippen molar-refractivity contribution in [3.8, 4) is 5.75 Å². The normalized spacial score (nSPS) is 16.6. The van der Waals surface area contributed by atoms with Gasteiger partial charge in [-0.15, -0.1) is 0 Å². The van der Waals surface area contributed by atoms with Crippen LogP contribution in [0.25, 0.3) is 0 Å². The molecule has 1 aromatic carbocycles. The van der Waals surface area contributed by atoms with E-state index >= 15 is 0 Å². The lowest BCUT2D eigenvalue weighted by molar-refractivity contribution is 0.0358. The van der Waals surface area contributed by atoms with E-state index < -0.39 is 11.7 Å². The van der Waals surface area contributed by atoms with Gasteiger partial charge in [0.15, 0.2) is 0 Å². The number of carbonyl (C=O) groups excluding carboxylic acids is 1. The molecule has 1 saturated heterocycles. The minimum absolute atomic E-state index is 0.0326. The number of phenols is 1. The summed E-state index contributed by atoms with van der Waals surface area (Å²) >= 11 is 0. The lowest BCUT2D eigenvalue weighted by Gasteiger charge is -2.31. The van der Waals surface area contributed by atoms with E-state index in [0.29, 0.717) is 13.2 Å². The molecule has 0 saturated carbocycles. The van der Waals surface area contributed by atoms with E-state index in [1.165, 1.54) is 23.1 Å². The molecule has 0 aromatic heterocycles. The highest BCUT2D eigenvalue weighted by Crippen LogP contribution is 2.23. The van der Waals surface area contributed by atoms with E-state index in [0.717, 1.165) is 12.8 Å². The van der Waals surface area contributed by atoms with E-state index in [1.807, 2.05) is 0 Å². The predicted molar refractivity (Wildman–Crippen MR) is 64.0 cm³/mol. The zero-order valence-electron chi connectivity index (χ0n) is 10.2. The van der Waals surface area contributed by atoms with Gasteiger partial charge in [0.2, 0.25) is 0 Å². The molecule has 0 aliphatic carbocycles. The quantitative estimate of drug-likeness (QED) is 0.874. The zero-order valence-corrected chi connectivity index (χ0v) is 10.2. The number of carbonyl (C=O) groups is 1. The van der Waals surface area contributed by atoms with Gasteiger partial charge in [-0.1, -0.05) is 6.07 Å². The molecule has 1 heterocycles. The second-order valence-electron chi connectivity index (χ2n) is 4.39. The molecule has 98 valence electrons. The highest BCUT2D eigenvalue weighted by molar-refractivity contribution is 5.97. The number of aromatic hydroxyl groups is 1. The number of ether oxygens (including phenoxy) is 1. The molecule has 2 rings (SSSR count). The second-order valence-corrected chi connectivity index (χ2v) is 4.39. The van der Waals surface area contributed by atoms with E-state index in [9.17, 15) is 14.3 Å². The van der Waals surface area contributed by atoms with Gasteiger partial charge in [0, 0.05) is 26.3 Å². The van der Waals surface area contributed by atoms with Crippen molar-refractivity contribution >= 4 is 5.91 Å². The lowest BCUT2D eigenvalue weighted by Crippen LogP contribution is -2.41. The molecule has 0 bridgehead atoms. The third-order valence-electron chi connectivity index (χ3n) is 3.26. The zero-order chi connectivity index (χ0) is 13.1. The summed E-state index contributed by atoms with van der Waals surface area (Å²) < 4.78 is 18.8. The van der Waals surface area contributed by atoms with Gasteiger partial charge in [-0.05, 0) is 25.0 Å². The molecule has 1 aromatic rings. The standard InChI is InChI=1S/C13H16FNO3/c1-15(9-5-7-18-8-6-9)13(17)12-10(14)3-2-4-11(12)16/h2-4,9,16H,5-8H2,1H3. The molecule has 0 spiro atoms. The second kappa shape index (κ2) is 5.35. The maximum Gasteiger partial charge on any atom is 0.260 e. The molecule has 4 nitrogen and oxygen atoms in total. The number of nitrogens with zero attached hydrogens (tertiary/aromatic N) is 1. The van der Waals surface area contributed by atoms with Crippen molar-refractivity contribution in [3.05, 3.63) is 29.6 Å². The molecular weight excluding hydrogens is 237 g/mol. The molecule has 0 unspecified atom stereocenters. The Bertz CT molecular complexity index is 424. The number of hydrogen-bond donors (Lipinski definition) is 1. The summed E-state index contributed by atoms with van der Waals surface area (Å²) in [5.74, 6) is -1.50. The first kappa shape index (κ1) is 12.8. The van der Waals surface area contributed by atoms with Crippen LogP contribution in [-0.4, -0.2) is 42.2 Å². The van der Waals surface area contributed by atoms with Gasteiger partial charge in [0.1, 0.15) is 17.1 Å². The first-order valence-corrected chi connectivity index (χ1v) is 5.93.